The number of aryl methyl sites for hydroxylation is 1. The number of rotatable bonds is 3. The molecule has 2 aromatic heterocycles. The smallest absolute Gasteiger partial charge is 0.416 e. The fraction of sp³-hybridized carbons (Fsp3) is 0.400. The van der Waals surface area contributed by atoms with E-state index in [1.165, 1.54) is 37.7 Å². The van der Waals surface area contributed by atoms with Crippen molar-refractivity contribution in [2.75, 3.05) is 27.2 Å². The Kier molecular flexibility index (Phi) is 16.8. The summed E-state index contributed by atoms with van der Waals surface area (Å²) in [5, 5.41) is 16.1. The van der Waals surface area contributed by atoms with Crippen LogP contribution in [0.5, 0.6) is 0 Å². The van der Waals surface area contributed by atoms with Crippen molar-refractivity contribution in [2.45, 2.75) is 19.8 Å². The molecule has 0 unspecified atom stereocenters. The predicted octanol–water partition coefficient (Wildman–Crippen LogP) is -1.53. The fourth-order valence-electron chi connectivity index (χ4n) is 1.82. The molecular weight excluding hydrogens is 511 g/mol. The fourth-order valence-corrected chi connectivity index (χ4v) is 1.82. The predicted molar refractivity (Wildman–Crippen MR) is 110 cm³/mol. The van der Waals surface area contributed by atoms with Crippen LogP contribution in [0.25, 0.3) is 0 Å². The highest BCUT2D eigenvalue weighted by Gasteiger charge is 2.15. The van der Waals surface area contributed by atoms with E-state index in [9.17, 15) is 9.59 Å². The van der Waals surface area contributed by atoms with E-state index in [4.69, 9.17) is 16.9 Å². The van der Waals surface area contributed by atoms with Gasteiger partial charge in [-0.3, -0.25) is 9.47 Å². The summed E-state index contributed by atoms with van der Waals surface area (Å²) in [5.41, 5.74) is 0. The van der Waals surface area contributed by atoms with E-state index >= 15 is 0 Å². The molecule has 0 atom stereocenters. The Balaban J connectivity index is 0. The van der Waals surface area contributed by atoms with E-state index in [0.29, 0.717) is 13.0 Å². The van der Waals surface area contributed by atoms with Crippen molar-refractivity contribution < 1.29 is 38.1 Å². The first kappa shape index (κ1) is 29.8. The van der Waals surface area contributed by atoms with Crippen LogP contribution in [0, 0.1) is 35.0 Å². The Morgan fingerprint density at radius 2 is 1.71 bits per heavy atom. The highest BCUT2D eigenvalue weighted by Crippen LogP contribution is 1.92. The van der Waals surface area contributed by atoms with Gasteiger partial charge in [0.15, 0.2) is 0 Å². The summed E-state index contributed by atoms with van der Waals surface area (Å²) >= 11 is 0. The minimum absolute atomic E-state index is 0. The first-order valence-electron chi connectivity index (χ1n) is 9.01. The quantitative estimate of drug-likeness (QED) is 0.204. The molecule has 0 aromatic carbocycles. The molecule has 0 radical (unpaired) electrons. The zero-order chi connectivity index (χ0) is 22.9. The molecule has 0 aliphatic rings. The van der Waals surface area contributed by atoms with Gasteiger partial charge >= 0.3 is 12.1 Å². The first-order valence-corrected chi connectivity index (χ1v) is 9.01. The topological polar surface area (TPSA) is 115 Å². The maximum atomic E-state index is 11.5. The van der Waals surface area contributed by atoms with Crippen molar-refractivity contribution in [3.63, 3.8) is 0 Å². The molecule has 31 heavy (non-hydrogen) atoms. The second-order valence-corrected chi connectivity index (χ2v) is 6.00. The monoisotopic (exact) mass is 538 g/mol. The normalized spacial score (nSPS) is 8.42. The molecule has 0 bridgehead atoms. The summed E-state index contributed by atoms with van der Waals surface area (Å²) < 4.78 is 4.59. The zero-order valence-corrected chi connectivity index (χ0v) is 20.3. The third-order valence-corrected chi connectivity index (χ3v) is 3.37. The van der Waals surface area contributed by atoms with E-state index in [0.717, 1.165) is 6.42 Å². The molecule has 2 heterocycles. The summed E-state index contributed by atoms with van der Waals surface area (Å²) in [6.45, 7) is 2.39. The standard InChI is InChI=1S/C9H12N3O.C7H8N4O.C4H7N.HI/c1-4-5-11(3)9(13)12-7-6-10(2)8-12;1-10(4-2-8)7(12)11-5-3-9-6-11;1-2-3-4-5;/h1,6-8H,5H2,2-3H3;3,5-6H,4H2,1H3;2-3H2,1H3;1H/q+1;;;/p-1. The Bertz CT molecular complexity index is 903. The lowest BCUT2D eigenvalue weighted by atomic mass is 10.4. The van der Waals surface area contributed by atoms with Crippen molar-refractivity contribution in [3.8, 4) is 24.5 Å². The van der Waals surface area contributed by atoms with Gasteiger partial charge in [-0.1, -0.05) is 12.8 Å². The Morgan fingerprint density at radius 1 is 1.10 bits per heavy atom. The van der Waals surface area contributed by atoms with Crippen LogP contribution >= 0.6 is 0 Å². The number of amides is 2. The third-order valence-electron chi connectivity index (χ3n) is 3.37. The number of terminal acetylenes is 1. The number of hydrogen-bond acceptors (Lipinski definition) is 5. The molecule has 0 fully saturated rings. The van der Waals surface area contributed by atoms with E-state index in [1.54, 1.807) is 37.4 Å². The average Bonchev–Trinajstić information content (AvgIpc) is 3.41. The van der Waals surface area contributed by atoms with Gasteiger partial charge in [-0.25, -0.2) is 19.1 Å². The number of halogens is 1. The molecule has 2 rings (SSSR count). The van der Waals surface area contributed by atoms with Crippen molar-refractivity contribution in [3.05, 3.63) is 37.4 Å². The summed E-state index contributed by atoms with van der Waals surface area (Å²) in [5.74, 6) is 2.41. The average molecular weight is 538 g/mol. The van der Waals surface area contributed by atoms with Gasteiger partial charge in [0.2, 0.25) is 0 Å². The molecule has 0 aliphatic heterocycles. The number of nitrogens with zero attached hydrogens (tertiary/aromatic N) is 8. The van der Waals surface area contributed by atoms with Crippen molar-refractivity contribution in [1.29, 1.82) is 10.5 Å². The zero-order valence-electron chi connectivity index (χ0n) is 18.1. The SMILES string of the molecule is C#CCN(C)C(=O)n1cc[n+](C)c1.CCCC#N.CN(CC#N)C(=O)n1ccnc1.[I-]. The number of aromatic nitrogens is 4. The highest BCUT2D eigenvalue weighted by atomic mass is 127. The molecule has 0 saturated carbocycles. The van der Waals surface area contributed by atoms with E-state index in [-0.39, 0.29) is 42.6 Å². The van der Waals surface area contributed by atoms with Crippen LogP contribution in [-0.4, -0.2) is 63.2 Å². The van der Waals surface area contributed by atoms with Crippen LogP contribution in [-0.2, 0) is 7.05 Å². The number of carbonyl (C=O) groups is 2. The number of nitriles is 2. The van der Waals surface area contributed by atoms with Gasteiger partial charge in [0.05, 0.1) is 25.7 Å². The van der Waals surface area contributed by atoms with E-state index in [2.05, 4.69) is 10.9 Å². The van der Waals surface area contributed by atoms with Gasteiger partial charge in [0.1, 0.15) is 25.3 Å². The minimum Gasteiger partial charge on any atom is -1.00 e. The lowest BCUT2D eigenvalue weighted by Crippen LogP contribution is -3.00. The Labute approximate surface area is 200 Å². The largest absolute Gasteiger partial charge is 1.00 e. The number of hydrogen-bond donors (Lipinski definition) is 0. The molecular formula is C20H27IN8O2. The molecule has 11 heteroatoms. The summed E-state index contributed by atoms with van der Waals surface area (Å²) in [6, 6.07) is 3.52. The van der Waals surface area contributed by atoms with E-state index < -0.39 is 0 Å². The maximum absolute atomic E-state index is 11.5. The first-order chi connectivity index (χ1) is 14.3. The molecule has 0 spiro atoms. The maximum Gasteiger partial charge on any atom is 0.416 e. The van der Waals surface area contributed by atoms with Crippen LogP contribution in [0.15, 0.2) is 37.4 Å². The van der Waals surface area contributed by atoms with Crippen LogP contribution in [0.3, 0.4) is 0 Å². The van der Waals surface area contributed by atoms with Crippen LogP contribution in [0.4, 0.5) is 9.59 Å². The lowest BCUT2D eigenvalue weighted by Gasteiger charge is -2.11. The van der Waals surface area contributed by atoms with Crippen LogP contribution in [0.1, 0.15) is 19.8 Å². The highest BCUT2D eigenvalue weighted by molar-refractivity contribution is 5.76. The van der Waals surface area contributed by atoms with Gasteiger partial charge < -0.3 is 28.9 Å². The lowest BCUT2D eigenvalue weighted by molar-refractivity contribution is -0.670. The van der Waals surface area contributed by atoms with E-state index in [1.807, 2.05) is 26.1 Å². The second-order valence-electron chi connectivity index (χ2n) is 6.00. The molecule has 0 saturated heterocycles. The molecule has 0 N–H and O–H groups in total. The van der Waals surface area contributed by atoms with Gasteiger partial charge in [-0.05, 0) is 6.42 Å². The molecule has 0 aliphatic carbocycles. The van der Waals surface area contributed by atoms with Gasteiger partial charge in [0.25, 0.3) is 6.33 Å². The van der Waals surface area contributed by atoms with Gasteiger partial charge in [-0.15, -0.1) is 6.42 Å². The van der Waals surface area contributed by atoms with Crippen molar-refractivity contribution in [1.82, 2.24) is 23.9 Å². The molecule has 166 valence electrons. The second kappa shape index (κ2) is 17.5. The molecule has 2 aromatic rings. The summed E-state index contributed by atoms with van der Waals surface area (Å²) in [6.07, 6.45) is 16.4. The number of imidazole rings is 2. The minimum atomic E-state index is -0.256. The molecule has 10 nitrogen and oxygen atoms in total. The number of carbonyl (C=O) groups excluding carboxylic acids is 2. The van der Waals surface area contributed by atoms with Gasteiger partial charge in [-0.2, -0.15) is 15.1 Å². The van der Waals surface area contributed by atoms with Crippen molar-refractivity contribution in [2.24, 2.45) is 7.05 Å². The molecule has 2 amide bonds. The summed E-state index contributed by atoms with van der Waals surface area (Å²) in [7, 11) is 5.08. The Hall–Kier alpha value is -3.37. The third kappa shape index (κ3) is 12.0. The summed E-state index contributed by atoms with van der Waals surface area (Å²) in [4.78, 5) is 29.3. The number of unbranched alkanes of at least 4 members (excludes halogenated alkanes) is 1. The van der Waals surface area contributed by atoms with Crippen molar-refractivity contribution >= 4 is 12.1 Å². The Morgan fingerprint density at radius 3 is 2.10 bits per heavy atom. The van der Waals surface area contributed by atoms with Crippen LogP contribution in [0.2, 0.25) is 0 Å². The van der Waals surface area contributed by atoms with Crippen LogP contribution < -0.4 is 28.5 Å². The van der Waals surface area contributed by atoms with Gasteiger partial charge in [0, 0.05) is 32.9 Å².